The molecule has 1 aliphatic carbocycles. The van der Waals surface area contributed by atoms with Gasteiger partial charge in [0.1, 0.15) is 11.6 Å². The Morgan fingerprint density at radius 2 is 2.00 bits per heavy atom. The molecule has 0 aliphatic heterocycles. The van der Waals surface area contributed by atoms with Crippen LogP contribution in [0.3, 0.4) is 0 Å². The third kappa shape index (κ3) is 3.66. The third-order valence-corrected chi connectivity index (χ3v) is 5.24. The van der Waals surface area contributed by atoms with E-state index in [1.165, 1.54) is 4.68 Å². The zero-order valence-corrected chi connectivity index (χ0v) is 15.6. The minimum atomic E-state index is -0.120. The van der Waals surface area contributed by atoms with Crippen LogP contribution in [-0.4, -0.2) is 33.4 Å². The van der Waals surface area contributed by atoms with Gasteiger partial charge >= 0.3 is 5.69 Å². The Labute approximate surface area is 153 Å². The van der Waals surface area contributed by atoms with E-state index in [2.05, 4.69) is 10.4 Å². The molecule has 26 heavy (non-hydrogen) atoms. The van der Waals surface area contributed by atoms with E-state index < -0.39 is 0 Å². The van der Waals surface area contributed by atoms with Gasteiger partial charge in [-0.3, -0.25) is 9.36 Å². The van der Waals surface area contributed by atoms with E-state index in [0.29, 0.717) is 17.7 Å². The fraction of sp³-hybridized carbons (Fsp3) is 0.526. The normalized spacial score (nSPS) is 20.0. The number of methoxy groups -OCH3 is 1. The van der Waals surface area contributed by atoms with Gasteiger partial charge in [0.2, 0.25) is 0 Å². The number of carbonyl (C=O) groups excluding carboxylic acids is 1. The second kappa shape index (κ2) is 7.76. The average molecular weight is 358 g/mol. The summed E-state index contributed by atoms with van der Waals surface area (Å²) in [5.41, 5.74) is 0.426. The first-order valence-electron chi connectivity index (χ1n) is 9.04. The molecule has 0 spiro atoms. The minimum absolute atomic E-state index is 0.0678. The number of amides is 1. The van der Waals surface area contributed by atoms with Gasteiger partial charge in [-0.05, 0) is 30.9 Å². The molecule has 0 saturated heterocycles. The summed E-state index contributed by atoms with van der Waals surface area (Å²) in [6.07, 6.45) is 4.86. The maximum Gasteiger partial charge on any atom is 0.345 e. The van der Waals surface area contributed by atoms with Crippen LogP contribution in [0.1, 0.15) is 41.9 Å². The Morgan fingerprint density at radius 1 is 1.27 bits per heavy atom. The first-order valence-corrected chi connectivity index (χ1v) is 9.04. The van der Waals surface area contributed by atoms with Crippen LogP contribution in [0.2, 0.25) is 0 Å². The van der Waals surface area contributed by atoms with E-state index in [-0.39, 0.29) is 23.6 Å². The number of benzene rings is 1. The first-order chi connectivity index (χ1) is 12.5. The Balaban J connectivity index is 1.75. The number of para-hydroxylation sites is 1. The molecule has 7 nitrogen and oxygen atoms in total. The van der Waals surface area contributed by atoms with Crippen molar-refractivity contribution in [3.05, 3.63) is 46.1 Å². The smallest absolute Gasteiger partial charge is 0.345 e. The van der Waals surface area contributed by atoms with Crippen molar-refractivity contribution in [1.29, 1.82) is 0 Å². The molecule has 7 heteroatoms. The van der Waals surface area contributed by atoms with Crippen molar-refractivity contribution in [2.75, 3.05) is 7.11 Å². The Kier molecular flexibility index (Phi) is 5.44. The first kappa shape index (κ1) is 18.2. The number of rotatable bonds is 5. The second-order valence-corrected chi connectivity index (χ2v) is 6.91. The van der Waals surface area contributed by atoms with Gasteiger partial charge in [-0.1, -0.05) is 25.0 Å². The van der Waals surface area contributed by atoms with E-state index in [1.807, 2.05) is 12.1 Å². The SMILES string of the molecule is COc1ccccc1C(=O)N[C@@H]1CCCC[C@@H]1Cc1nn(C)c(=O)n1C. The maximum atomic E-state index is 12.7. The third-order valence-electron chi connectivity index (χ3n) is 5.24. The van der Waals surface area contributed by atoms with Gasteiger partial charge in [0, 0.05) is 26.6 Å². The Morgan fingerprint density at radius 3 is 2.69 bits per heavy atom. The van der Waals surface area contributed by atoms with Crippen LogP contribution in [0.5, 0.6) is 5.75 Å². The van der Waals surface area contributed by atoms with Crippen molar-refractivity contribution in [3.8, 4) is 5.75 Å². The molecule has 1 heterocycles. The Hall–Kier alpha value is -2.57. The summed E-state index contributed by atoms with van der Waals surface area (Å²) < 4.78 is 8.25. The maximum absolute atomic E-state index is 12.7. The van der Waals surface area contributed by atoms with Crippen molar-refractivity contribution >= 4 is 5.91 Å². The fourth-order valence-corrected chi connectivity index (χ4v) is 3.74. The lowest BCUT2D eigenvalue weighted by Gasteiger charge is -2.32. The molecule has 1 aromatic carbocycles. The molecule has 1 aliphatic rings. The molecule has 140 valence electrons. The monoisotopic (exact) mass is 358 g/mol. The summed E-state index contributed by atoms with van der Waals surface area (Å²) in [5, 5.41) is 7.52. The molecule has 2 aromatic rings. The van der Waals surface area contributed by atoms with Crippen LogP contribution in [0.15, 0.2) is 29.1 Å². The molecular weight excluding hydrogens is 332 g/mol. The summed E-state index contributed by atoms with van der Waals surface area (Å²) in [7, 11) is 4.97. The van der Waals surface area contributed by atoms with Crippen molar-refractivity contribution in [1.82, 2.24) is 19.7 Å². The molecule has 2 atom stereocenters. The quantitative estimate of drug-likeness (QED) is 0.882. The van der Waals surface area contributed by atoms with E-state index in [4.69, 9.17) is 4.74 Å². The Bertz CT molecular complexity index is 840. The lowest BCUT2D eigenvalue weighted by molar-refractivity contribution is 0.0902. The number of nitrogens with one attached hydrogen (secondary N) is 1. The molecule has 1 saturated carbocycles. The van der Waals surface area contributed by atoms with Crippen LogP contribution >= 0.6 is 0 Å². The molecule has 0 bridgehead atoms. The molecule has 0 unspecified atom stereocenters. The van der Waals surface area contributed by atoms with E-state index in [0.717, 1.165) is 31.5 Å². The topological polar surface area (TPSA) is 78.2 Å². The highest BCUT2D eigenvalue weighted by molar-refractivity contribution is 5.97. The van der Waals surface area contributed by atoms with Gasteiger partial charge in [0.05, 0.1) is 12.7 Å². The highest BCUT2D eigenvalue weighted by Crippen LogP contribution is 2.28. The van der Waals surface area contributed by atoms with Crippen LogP contribution in [0.4, 0.5) is 0 Å². The fourth-order valence-electron chi connectivity index (χ4n) is 3.74. The molecular formula is C19H26N4O3. The van der Waals surface area contributed by atoms with Gasteiger partial charge < -0.3 is 10.1 Å². The zero-order valence-electron chi connectivity index (χ0n) is 15.6. The molecule has 1 amide bonds. The van der Waals surface area contributed by atoms with Crippen LogP contribution in [-0.2, 0) is 20.5 Å². The minimum Gasteiger partial charge on any atom is -0.496 e. The van der Waals surface area contributed by atoms with Gasteiger partial charge in [-0.2, -0.15) is 5.10 Å². The summed E-state index contributed by atoms with van der Waals surface area (Å²) in [6, 6.07) is 7.31. The van der Waals surface area contributed by atoms with Crippen molar-refractivity contribution in [2.24, 2.45) is 20.0 Å². The highest BCUT2D eigenvalue weighted by atomic mass is 16.5. The number of hydrogen-bond donors (Lipinski definition) is 1. The summed E-state index contributed by atoms with van der Waals surface area (Å²) >= 11 is 0. The van der Waals surface area contributed by atoms with Crippen LogP contribution < -0.4 is 15.7 Å². The van der Waals surface area contributed by atoms with Crippen molar-refractivity contribution in [3.63, 3.8) is 0 Å². The van der Waals surface area contributed by atoms with Gasteiger partial charge in [-0.25, -0.2) is 9.48 Å². The van der Waals surface area contributed by atoms with Gasteiger partial charge in [-0.15, -0.1) is 0 Å². The zero-order chi connectivity index (χ0) is 18.7. The van der Waals surface area contributed by atoms with Crippen molar-refractivity contribution < 1.29 is 9.53 Å². The average Bonchev–Trinajstić information content (AvgIpc) is 2.90. The summed E-state index contributed by atoms with van der Waals surface area (Å²) in [4.78, 5) is 24.7. The predicted molar refractivity (Wildman–Crippen MR) is 98.4 cm³/mol. The van der Waals surface area contributed by atoms with E-state index in [9.17, 15) is 9.59 Å². The number of carbonyl (C=O) groups is 1. The van der Waals surface area contributed by atoms with Gasteiger partial charge in [0.25, 0.3) is 5.91 Å². The van der Waals surface area contributed by atoms with Crippen LogP contribution in [0.25, 0.3) is 0 Å². The standard InChI is InChI=1S/C19H26N4O3/c1-22-17(21-23(2)19(22)25)12-13-8-4-6-10-15(13)20-18(24)14-9-5-7-11-16(14)26-3/h5,7,9,11,13,15H,4,6,8,10,12H2,1-3H3,(H,20,24)/t13-,15-/m1/s1. The summed E-state index contributed by atoms with van der Waals surface area (Å²) in [6.45, 7) is 0. The number of nitrogens with zero attached hydrogens (tertiary/aromatic N) is 3. The largest absolute Gasteiger partial charge is 0.496 e. The lowest BCUT2D eigenvalue weighted by atomic mass is 9.82. The molecule has 1 aromatic heterocycles. The lowest BCUT2D eigenvalue weighted by Crippen LogP contribution is -2.43. The van der Waals surface area contributed by atoms with E-state index >= 15 is 0 Å². The number of hydrogen-bond acceptors (Lipinski definition) is 4. The predicted octanol–water partition coefficient (Wildman–Crippen LogP) is 1.66. The van der Waals surface area contributed by atoms with Crippen molar-refractivity contribution in [2.45, 2.75) is 38.1 Å². The molecule has 0 radical (unpaired) electrons. The molecule has 1 fully saturated rings. The highest BCUT2D eigenvalue weighted by Gasteiger charge is 2.29. The number of ether oxygens (including phenoxy) is 1. The van der Waals surface area contributed by atoms with Gasteiger partial charge in [0.15, 0.2) is 0 Å². The van der Waals surface area contributed by atoms with E-state index in [1.54, 1.807) is 37.9 Å². The summed E-state index contributed by atoms with van der Waals surface area (Å²) in [5.74, 6) is 1.49. The van der Waals surface area contributed by atoms with Crippen LogP contribution in [0, 0.1) is 5.92 Å². The number of aryl methyl sites for hydroxylation is 1. The molecule has 3 rings (SSSR count). The number of aromatic nitrogens is 3. The second-order valence-electron chi connectivity index (χ2n) is 6.91. The molecule has 1 N–H and O–H groups in total.